The second kappa shape index (κ2) is 9.77. The van der Waals surface area contributed by atoms with Crippen LogP contribution in [0.1, 0.15) is 5.56 Å². The van der Waals surface area contributed by atoms with E-state index in [0.29, 0.717) is 23.1 Å². The molecule has 1 aromatic carbocycles. The number of alkyl halides is 3. The molecule has 0 spiro atoms. The molecule has 3 aromatic heterocycles. The number of nitrogens with zero attached hydrogens (tertiary/aromatic N) is 5. The number of benzene rings is 1. The molecule has 0 atom stereocenters. The summed E-state index contributed by atoms with van der Waals surface area (Å²) >= 11 is 0. The van der Waals surface area contributed by atoms with Crippen LogP contribution < -0.4 is 16.2 Å². The topological polar surface area (TPSA) is 140 Å². The van der Waals surface area contributed by atoms with Gasteiger partial charge in [0, 0.05) is 11.6 Å². The molecule has 3 heterocycles. The van der Waals surface area contributed by atoms with Crippen molar-refractivity contribution in [2.45, 2.75) is 12.7 Å². The zero-order valence-electron chi connectivity index (χ0n) is 17.7. The van der Waals surface area contributed by atoms with Gasteiger partial charge < -0.3 is 4.52 Å². The molecule has 11 nitrogen and oxygen atoms in total. The van der Waals surface area contributed by atoms with E-state index in [1.54, 1.807) is 12.1 Å². The SMILES string of the molecule is O=C(NNC(=O)C(F)(F)F)Nc1nc(-c2cc(-c3ccon3)n(Cc3ccccc3F)n2)ncc1F. The summed E-state index contributed by atoms with van der Waals surface area (Å²) in [6.45, 7) is -0.0253. The maximum absolute atomic E-state index is 14.2. The lowest BCUT2D eigenvalue weighted by atomic mass is 10.2. The summed E-state index contributed by atoms with van der Waals surface area (Å²) in [5, 5.41) is 10.0. The van der Waals surface area contributed by atoms with E-state index in [0.717, 1.165) is 5.43 Å². The fraction of sp³-hybridized carbons (Fsp3) is 0.100. The van der Waals surface area contributed by atoms with Gasteiger partial charge in [-0.3, -0.25) is 20.2 Å². The number of hydrogen-bond acceptors (Lipinski definition) is 7. The Morgan fingerprint density at radius 1 is 1.03 bits per heavy atom. The van der Waals surface area contributed by atoms with Gasteiger partial charge in [-0.2, -0.15) is 18.3 Å². The van der Waals surface area contributed by atoms with Crippen LogP contribution in [0.4, 0.5) is 32.6 Å². The van der Waals surface area contributed by atoms with Gasteiger partial charge in [0.1, 0.15) is 23.5 Å². The minimum atomic E-state index is -5.25. The number of hydrogen-bond donors (Lipinski definition) is 3. The highest BCUT2D eigenvalue weighted by Crippen LogP contribution is 2.26. The Hall–Kier alpha value is -4.89. The van der Waals surface area contributed by atoms with Crippen LogP contribution in [-0.4, -0.2) is 43.0 Å². The Balaban J connectivity index is 1.60. The van der Waals surface area contributed by atoms with Gasteiger partial charge in [-0.05, 0) is 12.1 Å². The van der Waals surface area contributed by atoms with E-state index in [-0.39, 0.29) is 18.1 Å². The summed E-state index contributed by atoms with van der Waals surface area (Å²) in [6, 6.07) is 7.56. The fourth-order valence-electron chi connectivity index (χ4n) is 2.89. The zero-order valence-corrected chi connectivity index (χ0v) is 17.7. The second-order valence-electron chi connectivity index (χ2n) is 6.97. The first-order chi connectivity index (χ1) is 17.1. The number of hydrazine groups is 1. The van der Waals surface area contributed by atoms with E-state index in [9.17, 15) is 31.5 Å². The molecule has 36 heavy (non-hydrogen) atoms. The minimum Gasteiger partial charge on any atom is -0.364 e. The van der Waals surface area contributed by atoms with Crippen molar-refractivity contribution in [1.82, 2.24) is 35.8 Å². The third-order valence-electron chi connectivity index (χ3n) is 4.51. The number of halogens is 5. The Morgan fingerprint density at radius 2 is 1.81 bits per heavy atom. The van der Waals surface area contributed by atoms with Crippen molar-refractivity contribution in [3.05, 3.63) is 66.1 Å². The summed E-state index contributed by atoms with van der Waals surface area (Å²) in [4.78, 5) is 30.2. The number of rotatable bonds is 5. The van der Waals surface area contributed by atoms with Gasteiger partial charge in [0.2, 0.25) is 0 Å². The molecule has 16 heteroatoms. The highest BCUT2D eigenvalue weighted by molar-refractivity contribution is 5.91. The number of carbonyl (C=O) groups is 2. The Labute approximate surface area is 197 Å². The van der Waals surface area contributed by atoms with Gasteiger partial charge >= 0.3 is 18.1 Å². The number of aromatic nitrogens is 5. The van der Waals surface area contributed by atoms with Crippen LogP contribution in [0.5, 0.6) is 0 Å². The zero-order chi connectivity index (χ0) is 25.9. The van der Waals surface area contributed by atoms with Gasteiger partial charge in [0.05, 0.1) is 18.4 Å². The molecule has 4 rings (SSSR count). The molecule has 0 saturated carbocycles. The van der Waals surface area contributed by atoms with Crippen molar-refractivity contribution >= 4 is 17.8 Å². The van der Waals surface area contributed by atoms with E-state index < -0.39 is 35.6 Å². The normalized spacial score (nSPS) is 11.2. The van der Waals surface area contributed by atoms with Crippen molar-refractivity contribution in [2.24, 2.45) is 0 Å². The average molecular weight is 508 g/mol. The van der Waals surface area contributed by atoms with Crippen LogP contribution in [0, 0.1) is 11.6 Å². The predicted molar refractivity (Wildman–Crippen MR) is 111 cm³/mol. The summed E-state index contributed by atoms with van der Waals surface area (Å²) < 4.78 is 71.2. The van der Waals surface area contributed by atoms with E-state index in [2.05, 4.69) is 20.2 Å². The maximum Gasteiger partial charge on any atom is 0.472 e. The second-order valence-corrected chi connectivity index (χ2v) is 6.97. The van der Waals surface area contributed by atoms with Crippen LogP contribution >= 0.6 is 0 Å². The van der Waals surface area contributed by atoms with Crippen LogP contribution in [-0.2, 0) is 11.3 Å². The lowest BCUT2D eigenvalue weighted by molar-refractivity contribution is -0.174. The van der Waals surface area contributed by atoms with Gasteiger partial charge in [-0.1, -0.05) is 23.4 Å². The summed E-state index contributed by atoms with van der Waals surface area (Å²) in [5.74, 6) is -4.96. The maximum atomic E-state index is 14.2. The number of anilines is 1. The number of amides is 3. The first-order valence-corrected chi connectivity index (χ1v) is 9.81. The van der Waals surface area contributed by atoms with Gasteiger partial charge in [0.15, 0.2) is 17.5 Å². The standard InChI is InChI=1S/C20H13F5N8O3/c21-11-4-2-1-3-10(11)9-33-15(13-5-6-36-32-13)7-14(31-33)17-26-8-12(22)16(27-17)28-19(35)30-29-18(34)20(23,24)25/h1-8H,9H2,(H,29,34)(H2,26,27,28,30,35). The molecule has 0 aliphatic carbocycles. The van der Waals surface area contributed by atoms with E-state index in [1.807, 2.05) is 5.32 Å². The molecule has 186 valence electrons. The summed E-state index contributed by atoms with van der Waals surface area (Å²) in [5.41, 5.74) is 3.61. The number of nitrogens with one attached hydrogen (secondary N) is 3. The van der Waals surface area contributed by atoms with E-state index in [4.69, 9.17) is 4.52 Å². The molecule has 3 amide bonds. The van der Waals surface area contributed by atoms with E-state index in [1.165, 1.54) is 40.6 Å². The molecular formula is C20H13F5N8O3. The van der Waals surface area contributed by atoms with E-state index >= 15 is 0 Å². The van der Waals surface area contributed by atoms with Crippen LogP contribution in [0.2, 0.25) is 0 Å². The summed E-state index contributed by atoms with van der Waals surface area (Å²) in [7, 11) is 0. The van der Waals surface area contributed by atoms with Crippen molar-refractivity contribution < 1.29 is 36.1 Å². The Bertz CT molecular complexity index is 1400. The third-order valence-corrected chi connectivity index (χ3v) is 4.51. The quantitative estimate of drug-likeness (QED) is 0.278. The molecule has 0 saturated heterocycles. The molecule has 0 radical (unpaired) electrons. The molecular weight excluding hydrogens is 495 g/mol. The van der Waals surface area contributed by atoms with Gasteiger partial charge in [-0.25, -0.2) is 29.0 Å². The lowest BCUT2D eigenvalue weighted by Crippen LogP contribution is -2.49. The smallest absolute Gasteiger partial charge is 0.364 e. The molecule has 0 bridgehead atoms. The van der Waals surface area contributed by atoms with Crippen LogP contribution in [0.25, 0.3) is 22.9 Å². The average Bonchev–Trinajstić information content (AvgIpc) is 3.50. The first-order valence-electron chi connectivity index (χ1n) is 9.81. The summed E-state index contributed by atoms with van der Waals surface area (Å²) in [6.07, 6.45) is -3.25. The number of urea groups is 1. The van der Waals surface area contributed by atoms with Gasteiger partial charge in [0.25, 0.3) is 0 Å². The molecule has 0 fully saturated rings. The Morgan fingerprint density at radius 3 is 2.50 bits per heavy atom. The van der Waals surface area contributed by atoms with Crippen molar-refractivity contribution in [3.8, 4) is 22.9 Å². The molecule has 0 aliphatic rings. The largest absolute Gasteiger partial charge is 0.472 e. The highest BCUT2D eigenvalue weighted by Gasteiger charge is 2.39. The van der Waals surface area contributed by atoms with Crippen LogP contribution in [0.15, 0.2) is 53.4 Å². The molecule has 3 N–H and O–H groups in total. The molecule has 0 unspecified atom stereocenters. The lowest BCUT2D eigenvalue weighted by Gasteiger charge is -2.10. The fourth-order valence-corrected chi connectivity index (χ4v) is 2.89. The van der Waals surface area contributed by atoms with Gasteiger partial charge in [-0.15, -0.1) is 0 Å². The highest BCUT2D eigenvalue weighted by atomic mass is 19.4. The predicted octanol–water partition coefficient (Wildman–Crippen LogP) is 3.04. The minimum absolute atomic E-state index is 0.0253. The van der Waals surface area contributed by atoms with Crippen LogP contribution in [0.3, 0.4) is 0 Å². The van der Waals surface area contributed by atoms with Crippen molar-refractivity contribution in [2.75, 3.05) is 5.32 Å². The van der Waals surface area contributed by atoms with Crippen molar-refractivity contribution in [1.29, 1.82) is 0 Å². The number of carbonyl (C=O) groups excluding carboxylic acids is 2. The Kier molecular flexibility index (Phi) is 6.58. The monoisotopic (exact) mass is 508 g/mol. The molecule has 4 aromatic rings. The van der Waals surface area contributed by atoms with Crippen molar-refractivity contribution in [3.63, 3.8) is 0 Å². The molecule has 0 aliphatic heterocycles. The third kappa shape index (κ3) is 5.43. The first kappa shape index (κ1) is 24.2.